The normalized spacial score (nSPS) is 11.5. The van der Waals surface area contributed by atoms with Crippen LogP contribution in [0, 0.1) is 0 Å². The average molecular weight is 418 g/mol. The van der Waals surface area contributed by atoms with Crippen molar-refractivity contribution in [2.45, 2.75) is 19.8 Å². The fourth-order valence-corrected chi connectivity index (χ4v) is 3.26. The number of nitrogens with zero attached hydrogens (tertiary/aromatic N) is 2. The Morgan fingerprint density at radius 1 is 1.03 bits per heavy atom. The van der Waals surface area contributed by atoms with Gasteiger partial charge < -0.3 is 15.4 Å². The number of rotatable bonds is 8. The van der Waals surface area contributed by atoms with Gasteiger partial charge in [0.05, 0.1) is 12.8 Å². The molecular weight excluding hydrogens is 392 g/mol. The maximum atomic E-state index is 11.9. The number of carbonyl (C=O) groups is 2. The maximum absolute atomic E-state index is 11.9. The van der Waals surface area contributed by atoms with Crippen LogP contribution < -0.4 is 15.4 Å². The maximum Gasteiger partial charge on any atom is 0.251 e. The van der Waals surface area contributed by atoms with Crippen molar-refractivity contribution in [3.63, 3.8) is 0 Å². The molecule has 7 nitrogen and oxygen atoms in total. The second-order valence-corrected chi connectivity index (χ2v) is 7.24. The van der Waals surface area contributed by atoms with Crippen LogP contribution in [0.25, 0.3) is 11.3 Å². The van der Waals surface area contributed by atoms with E-state index in [2.05, 4.69) is 27.5 Å². The Morgan fingerprint density at radius 2 is 1.74 bits per heavy atom. The molecule has 160 valence electrons. The number of ether oxygens (including phenoxy) is 1. The number of hydrogen-bond donors (Lipinski definition) is 2. The van der Waals surface area contributed by atoms with E-state index in [1.165, 1.54) is 6.33 Å². The highest BCUT2D eigenvalue weighted by Crippen LogP contribution is 2.28. The van der Waals surface area contributed by atoms with Gasteiger partial charge in [-0.1, -0.05) is 37.3 Å². The summed E-state index contributed by atoms with van der Waals surface area (Å²) in [7, 11) is 3.20. The Hall–Kier alpha value is -3.74. The summed E-state index contributed by atoms with van der Waals surface area (Å²) in [6.07, 6.45) is 1.51. The highest BCUT2D eigenvalue weighted by atomic mass is 16.5. The van der Waals surface area contributed by atoms with Gasteiger partial charge in [0, 0.05) is 42.3 Å². The number of nitrogens with one attached hydrogen (secondary N) is 2. The van der Waals surface area contributed by atoms with Gasteiger partial charge in [0.1, 0.15) is 17.9 Å². The monoisotopic (exact) mass is 418 g/mol. The molecule has 2 N–H and O–H groups in total. The summed E-state index contributed by atoms with van der Waals surface area (Å²) in [6.45, 7) is 4.24. The zero-order valence-electron chi connectivity index (χ0n) is 18.1. The number of anilines is 1. The first-order chi connectivity index (χ1) is 14.9. The third-order valence-corrected chi connectivity index (χ3v) is 5.10. The van der Waals surface area contributed by atoms with Crippen molar-refractivity contribution in [1.82, 2.24) is 15.3 Å². The molecule has 0 spiro atoms. The minimum Gasteiger partial charge on any atom is -0.496 e. The third kappa shape index (κ3) is 5.25. The van der Waals surface area contributed by atoms with Gasteiger partial charge in [-0.25, -0.2) is 9.97 Å². The molecule has 0 saturated heterocycles. The highest BCUT2D eigenvalue weighted by molar-refractivity contribution is 5.95. The van der Waals surface area contributed by atoms with Crippen molar-refractivity contribution in [1.29, 1.82) is 0 Å². The number of amides is 1. The summed E-state index contributed by atoms with van der Waals surface area (Å²) in [5.74, 6) is 1.37. The largest absolute Gasteiger partial charge is 0.496 e. The lowest BCUT2D eigenvalue weighted by atomic mass is 9.98. The van der Waals surface area contributed by atoms with E-state index in [-0.39, 0.29) is 17.6 Å². The minimum absolute atomic E-state index is 0.0318. The van der Waals surface area contributed by atoms with E-state index in [0.717, 1.165) is 16.8 Å². The lowest BCUT2D eigenvalue weighted by molar-refractivity contribution is 0.0961. The van der Waals surface area contributed by atoms with Crippen LogP contribution in [0.1, 0.15) is 46.0 Å². The number of carbonyl (C=O) groups excluding carboxylic acids is 2. The van der Waals surface area contributed by atoms with Gasteiger partial charge in [-0.05, 0) is 24.6 Å². The molecule has 1 atom stereocenters. The van der Waals surface area contributed by atoms with E-state index in [1.54, 1.807) is 45.3 Å². The predicted molar refractivity (Wildman–Crippen MR) is 121 cm³/mol. The van der Waals surface area contributed by atoms with Crippen LogP contribution in [-0.4, -0.2) is 42.4 Å². The Kier molecular flexibility index (Phi) is 6.97. The van der Waals surface area contributed by atoms with E-state index in [4.69, 9.17) is 4.74 Å². The Bertz CT molecular complexity index is 1080. The molecule has 0 aliphatic carbocycles. The summed E-state index contributed by atoms with van der Waals surface area (Å²) < 4.78 is 5.50. The second kappa shape index (κ2) is 9.84. The molecule has 1 aromatic heterocycles. The van der Waals surface area contributed by atoms with E-state index in [0.29, 0.717) is 29.2 Å². The highest BCUT2D eigenvalue weighted by Gasteiger charge is 2.15. The average Bonchev–Trinajstić information content (AvgIpc) is 2.81. The quantitative estimate of drug-likeness (QED) is 0.539. The number of benzene rings is 2. The van der Waals surface area contributed by atoms with Crippen LogP contribution in [0.2, 0.25) is 0 Å². The molecule has 3 rings (SSSR count). The van der Waals surface area contributed by atoms with Crippen LogP contribution >= 0.6 is 0 Å². The van der Waals surface area contributed by atoms with E-state index < -0.39 is 0 Å². The Labute approximate surface area is 181 Å². The van der Waals surface area contributed by atoms with Gasteiger partial charge in [0.2, 0.25) is 0 Å². The van der Waals surface area contributed by atoms with Crippen molar-refractivity contribution < 1.29 is 14.3 Å². The first kappa shape index (κ1) is 22.0. The van der Waals surface area contributed by atoms with Gasteiger partial charge >= 0.3 is 0 Å². The lowest BCUT2D eigenvalue weighted by Crippen LogP contribution is -2.18. The summed E-state index contributed by atoms with van der Waals surface area (Å²) in [5, 5.41) is 5.96. The van der Waals surface area contributed by atoms with Crippen molar-refractivity contribution in [3.8, 4) is 17.0 Å². The molecule has 7 heteroatoms. The number of aromatic nitrogens is 2. The van der Waals surface area contributed by atoms with Gasteiger partial charge in [-0.15, -0.1) is 0 Å². The van der Waals surface area contributed by atoms with Crippen molar-refractivity contribution in [2.75, 3.05) is 26.0 Å². The van der Waals surface area contributed by atoms with Crippen LogP contribution in [-0.2, 0) is 0 Å². The Morgan fingerprint density at radius 3 is 2.39 bits per heavy atom. The molecule has 1 unspecified atom stereocenters. The summed E-state index contributed by atoms with van der Waals surface area (Å²) in [4.78, 5) is 32.0. The molecule has 0 fully saturated rings. The van der Waals surface area contributed by atoms with Crippen LogP contribution in [0.5, 0.6) is 5.75 Å². The fourth-order valence-electron chi connectivity index (χ4n) is 3.26. The molecule has 2 aromatic carbocycles. The number of ketones is 1. The molecule has 0 aliphatic rings. The first-order valence-corrected chi connectivity index (χ1v) is 10.00. The zero-order valence-corrected chi connectivity index (χ0v) is 18.1. The van der Waals surface area contributed by atoms with Gasteiger partial charge in [-0.3, -0.25) is 9.59 Å². The SMILES string of the molecule is CNC(=O)c1ccc(C(C)CNc2cc(-c3ccc(C(C)=O)cc3)ncn2)c(OC)c1. The van der Waals surface area contributed by atoms with Crippen LogP contribution in [0.15, 0.2) is 54.9 Å². The number of hydrogen-bond acceptors (Lipinski definition) is 6. The topological polar surface area (TPSA) is 93.2 Å². The zero-order chi connectivity index (χ0) is 22.4. The molecule has 1 heterocycles. The third-order valence-electron chi connectivity index (χ3n) is 5.10. The van der Waals surface area contributed by atoms with Crippen LogP contribution in [0.4, 0.5) is 5.82 Å². The fraction of sp³-hybridized carbons (Fsp3) is 0.250. The van der Waals surface area contributed by atoms with Crippen molar-refractivity contribution in [3.05, 3.63) is 71.5 Å². The summed E-state index contributed by atoms with van der Waals surface area (Å²) >= 11 is 0. The van der Waals surface area contributed by atoms with E-state index in [1.807, 2.05) is 24.3 Å². The molecule has 1 amide bonds. The van der Waals surface area contributed by atoms with Crippen LogP contribution in [0.3, 0.4) is 0 Å². The molecule has 0 radical (unpaired) electrons. The van der Waals surface area contributed by atoms with Crippen molar-refractivity contribution >= 4 is 17.5 Å². The number of Topliss-reactive ketones (excluding diaryl/α,β-unsaturated/α-hetero) is 1. The van der Waals surface area contributed by atoms with Crippen molar-refractivity contribution in [2.24, 2.45) is 0 Å². The van der Waals surface area contributed by atoms with Gasteiger partial charge in [0.25, 0.3) is 5.91 Å². The first-order valence-electron chi connectivity index (χ1n) is 10.00. The smallest absolute Gasteiger partial charge is 0.251 e. The molecule has 0 aliphatic heterocycles. The summed E-state index contributed by atoms with van der Waals surface area (Å²) in [5.41, 5.74) is 3.90. The van der Waals surface area contributed by atoms with Gasteiger partial charge in [-0.2, -0.15) is 0 Å². The van der Waals surface area contributed by atoms with E-state index in [9.17, 15) is 9.59 Å². The summed E-state index contributed by atoms with van der Waals surface area (Å²) in [6, 6.07) is 14.7. The standard InChI is InChI=1S/C24H26N4O3/c1-15(20-10-9-19(24(30)25-3)11-22(20)31-4)13-26-23-12-21(27-14-28-23)18-7-5-17(6-8-18)16(2)29/h5-12,14-15H,13H2,1-4H3,(H,25,30)(H,26,27,28). The Balaban J connectivity index is 1.72. The molecular formula is C24H26N4O3. The molecule has 0 bridgehead atoms. The number of methoxy groups -OCH3 is 1. The lowest BCUT2D eigenvalue weighted by Gasteiger charge is -2.17. The molecule has 31 heavy (non-hydrogen) atoms. The molecule has 3 aromatic rings. The second-order valence-electron chi connectivity index (χ2n) is 7.24. The molecule has 0 saturated carbocycles. The van der Waals surface area contributed by atoms with E-state index >= 15 is 0 Å². The minimum atomic E-state index is -0.152. The van der Waals surface area contributed by atoms with Gasteiger partial charge in [0.15, 0.2) is 5.78 Å². The predicted octanol–water partition coefficient (Wildman–Crippen LogP) is 3.93.